The van der Waals surface area contributed by atoms with Crippen molar-refractivity contribution in [2.45, 2.75) is 26.7 Å². The predicted molar refractivity (Wildman–Crippen MR) is 84.2 cm³/mol. The van der Waals surface area contributed by atoms with Crippen molar-refractivity contribution in [1.29, 1.82) is 0 Å². The lowest BCUT2D eigenvalue weighted by Crippen LogP contribution is -2.11. The highest BCUT2D eigenvalue weighted by Gasteiger charge is 2.19. The smallest absolute Gasteiger partial charge is 0.347 e. The van der Waals surface area contributed by atoms with Crippen LogP contribution in [0, 0.1) is 6.92 Å². The van der Waals surface area contributed by atoms with E-state index in [1.807, 2.05) is 24.3 Å². The van der Waals surface area contributed by atoms with Gasteiger partial charge in [-0.15, -0.1) is 11.3 Å². The Bertz CT molecular complexity index is 689. The Morgan fingerprint density at radius 1 is 1.27 bits per heavy atom. The van der Waals surface area contributed by atoms with Gasteiger partial charge in [-0.05, 0) is 30.5 Å². The van der Waals surface area contributed by atoms with Crippen molar-refractivity contribution in [3.63, 3.8) is 0 Å². The molecule has 0 aliphatic rings. The van der Waals surface area contributed by atoms with E-state index >= 15 is 0 Å². The van der Waals surface area contributed by atoms with E-state index in [9.17, 15) is 9.59 Å². The molecule has 0 bridgehead atoms. The fourth-order valence-electron chi connectivity index (χ4n) is 1.87. The van der Waals surface area contributed by atoms with Crippen molar-refractivity contribution < 1.29 is 19.4 Å². The molecule has 0 fully saturated rings. The summed E-state index contributed by atoms with van der Waals surface area (Å²) in [4.78, 5) is 27.0. The summed E-state index contributed by atoms with van der Waals surface area (Å²) in [7, 11) is 0. The summed E-state index contributed by atoms with van der Waals surface area (Å²) in [5, 5.41) is 9.13. The first-order valence-corrected chi connectivity index (χ1v) is 7.66. The Hall–Kier alpha value is -2.21. The van der Waals surface area contributed by atoms with Gasteiger partial charge in [-0.25, -0.2) is 9.78 Å². The lowest BCUT2D eigenvalue weighted by atomic mass is 10.0. The number of thiazole rings is 1. The summed E-state index contributed by atoms with van der Waals surface area (Å²) >= 11 is 0.877. The van der Waals surface area contributed by atoms with Crippen LogP contribution in [-0.4, -0.2) is 28.4 Å². The maximum atomic E-state index is 12.0. The largest absolute Gasteiger partial charge is 0.485 e. The van der Waals surface area contributed by atoms with E-state index in [0.29, 0.717) is 17.4 Å². The molecule has 0 aliphatic carbocycles. The van der Waals surface area contributed by atoms with Crippen molar-refractivity contribution in [2.75, 3.05) is 6.61 Å². The van der Waals surface area contributed by atoms with Crippen LogP contribution in [0.4, 0.5) is 0 Å². The maximum absolute atomic E-state index is 12.0. The molecular formula is C16H17NO4S. The second kappa shape index (κ2) is 6.70. The number of aryl methyl sites for hydroxylation is 1. The van der Waals surface area contributed by atoms with Crippen LogP contribution < -0.4 is 4.74 Å². The lowest BCUT2D eigenvalue weighted by Gasteiger charge is -2.07. The zero-order chi connectivity index (χ0) is 16.3. The third-order valence-electron chi connectivity index (χ3n) is 3.15. The molecule has 0 radical (unpaired) electrons. The van der Waals surface area contributed by atoms with Gasteiger partial charge in [0.05, 0.1) is 5.69 Å². The first kappa shape index (κ1) is 16.2. The van der Waals surface area contributed by atoms with Gasteiger partial charge in [0.25, 0.3) is 0 Å². The summed E-state index contributed by atoms with van der Waals surface area (Å²) in [5.41, 5.74) is 1.54. The minimum Gasteiger partial charge on any atom is -0.485 e. The average molecular weight is 319 g/mol. The van der Waals surface area contributed by atoms with Crippen LogP contribution in [0.15, 0.2) is 24.3 Å². The van der Waals surface area contributed by atoms with Crippen LogP contribution >= 0.6 is 11.3 Å². The number of hydrogen-bond donors (Lipinski definition) is 1. The van der Waals surface area contributed by atoms with Crippen LogP contribution in [0.3, 0.4) is 0 Å². The molecule has 0 aliphatic heterocycles. The van der Waals surface area contributed by atoms with E-state index in [4.69, 9.17) is 9.84 Å². The molecule has 0 saturated carbocycles. The van der Waals surface area contributed by atoms with Crippen LogP contribution in [-0.2, 0) is 0 Å². The number of carboxylic acid groups (broad SMARTS) is 1. The minimum absolute atomic E-state index is 0.0876. The zero-order valence-electron chi connectivity index (χ0n) is 12.6. The summed E-state index contributed by atoms with van der Waals surface area (Å²) in [5.74, 6) is -0.360. The van der Waals surface area contributed by atoms with Crippen LogP contribution in [0.25, 0.3) is 0 Å². The summed E-state index contributed by atoms with van der Waals surface area (Å²) < 4.78 is 5.44. The molecule has 116 valence electrons. The highest BCUT2D eigenvalue weighted by molar-refractivity contribution is 7.15. The molecule has 2 aromatic rings. The molecule has 0 amide bonds. The standard InChI is InChI=1S/C16H17NO4S/c1-9(2)11-4-6-12(7-5-11)21-8-13(18)15-17-10(3)14(22-15)16(19)20/h4-7,9H,8H2,1-3H3,(H,19,20). The Morgan fingerprint density at radius 2 is 1.91 bits per heavy atom. The van der Waals surface area contributed by atoms with Crippen LogP contribution in [0.2, 0.25) is 0 Å². The van der Waals surface area contributed by atoms with Gasteiger partial charge >= 0.3 is 5.97 Å². The number of aromatic nitrogens is 1. The van der Waals surface area contributed by atoms with E-state index in [-0.39, 0.29) is 22.3 Å². The molecule has 0 saturated heterocycles. The van der Waals surface area contributed by atoms with Gasteiger partial charge in [-0.2, -0.15) is 0 Å². The quantitative estimate of drug-likeness (QED) is 0.824. The molecule has 1 N–H and O–H groups in total. The number of nitrogens with zero attached hydrogens (tertiary/aromatic N) is 1. The molecular weight excluding hydrogens is 302 g/mol. The Labute approximate surface area is 132 Å². The lowest BCUT2D eigenvalue weighted by molar-refractivity contribution is 0.0701. The van der Waals surface area contributed by atoms with Crippen molar-refractivity contribution in [3.05, 3.63) is 45.4 Å². The SMILES string of the molecule is Cc1nc(C(=O)COc2ccc(C(C)C)cc2)sc1C(=O)O. The van der Waals surface area contributed by atoms with Gasteiger partial charge in [0.1, 0.15) is 10.6 Å². The topological polar surface area (TPSA) is 76.5 Å². The molecule has 1 aromatic carbocycles. The number of carboxylic acids is 1. The molecule has 22 heavy (non-hydrogen) atoms. The van der Waals surface area contributed by atoms with E-state index in [0.717, 1.165) is 11.3 Å². The van der Waals surface area contributed by atoms with Gasteiger partial charge in [-0.1, -0.05) is 26.0 Å². The Morgan fingerprint density at radius 3 is 2.41 bits per heavy atom. The number of aromatic carboxylic acids is 1. The minimum atomic E-state index is -1.07. The van der Waals surface area contributed by atoms with Crippen molar-refractivity contribution in [1.82, 2.24) is 4.98 Å². The molecule has 2 rings (SSSR count). The number of ether oxygens (including phenoxy) is 1. The van der Waals surface area contributed by atoms with Gasteiger partial charge in [0, 0.05) is 0 Å². The molecule has 0 spiro atoms. The normalized spacial score (nSPS) is 10.7. The third kappa shape index (κ3) is 3.71. The monoisotopic (exact) mass is 319 g/mol. The molecule has 1 aromatic heterocycles. The first-order chi connectivity index (χ1) is 10.4. The number of carbonyl (C=O) groups excluding carboxylic acids is 1. The van der Waals surface area contributed by atoms with Gasteiger partial charge in [0.2, 0.25) is 5.78 Å². The number of carbonyl (C=O) groups is 2. The summed E-state index contributed by atoms with van der Waals surface area (Å²) in [6.45, 7) is 5.61. The fourth-order valence-corrected chi connectivity index (χ4v) is 2.70. The number of ketones is 1. The molecule has 6 heteroatoms. The van der Waals surface area contributed by atoms with Crippen LogP contribution in [0.5, 0.6) is 5.75 Å². The number of hydrogen-bond acceptors (Lipinski definition) is 5. The average Bonchev–Trinajstić information content (AvgIpc) is 2.87. The van der Waals surface area contributed by atoms with Gasteiger partial charge in [0.15, 0.2) is 11.6 Å². The molecule has 5 nitrogen and oxygen atoms in total. The van der Waals surface area contributed by atoms with E-state index < -0.39 is 5.97 Å². The summed E-state index contributed by atoms with van der Waals surface area (Å²) in [6, 6.07) is 7.55. The third-order valence-corrected chi connectivity index (χ3v) is 4.33. The van der Waals surface area contributed by atoms with E-state index in [1.54, 1.807) is 6.92 Å². The molecule has 1 heterocycles. The zero-order valence-corrected chi connectivity index (χ0v) is 13.4. The highest BCUT2D eigenvalue weighted by Crippen LogP contribution is 2.20. The van der Waals surface area contributed by atoms with Crippen molar-refractivity contribution in [3.8, 4) is 5.75 Å². The second-order valence-electron chi connectivity index (χ2n) is 5.17. The maximum Gasteiger partial charge on any atom is 0.347 e. The Balaban J connectivity index is 2.00. The molecule has 0 atom stereocenters. The van der Waals surface area contributed by atoms with Crippen LogP contribution in [0.1, 0.15) is 50.5 Å². The Kier molecular flexibility index (Phi) is 4.92. The van der Waals surface area contributed by atoms with Crippen molar-refractivity contribution in [2.24, 2.45) is 0 Å². The van der Waals surface area contributed by atoms with Crippen molar-refractivity contribution >= 4 is 23.1 Å². The van der Waals surface area contributed by atoms with E-state index in [1.165, 1.54) is 5.56 Å². The number of benzene rings is 1. The summed E-state index contributed by atoms with van der Waals surface area (Å²) in [6.07, 6.45) is 0. The van der Waals surface area contributed by atoms with Gasteiger partial charge in [-0.3, -0.25) is 4.79 Å². The highest BCUT2D eigenvalue weighted by atomic mass is 32.1. The number of rotatable bonds is 6. The second-order valence-corrected chi connectivity index (χ2v) is 6.17. The number of Topliss-reactive ketones (excluding diaryl/α,β-unsaturated/α-hetero) is 1. The van der Waals surface area contributed by atoms with E-state index in [2.05, 4.69) is 18.8 Å². The molecule has 0 unspecified atom stereocenters. The predicted octanol–water partition coefficient (Wildman–Crippen LogP) is 3.53. The fraction of sp³-hybridized carbons (Fsp3) is 0.312. The first-order valence-electron chi connectivity index (χ1n) is 6.85. The van der Waals surface area contributed by atoms with Gasteiger partial charge < -0.3 is 9.84 Å².